The Hall–Kier alpha value is -3.90. The monoisotopic (exact) mass is 627 g/mol. The number of amides is 2. The van der Waals surface area contributed by atoms with E-state index in [2.05, 4.69) is 10.3 Å². The number of esters is 1. The average molecular weight is 628 g/mol. The fraction of sp³-hybridized carbons (Fsp3) is 0.484. The van der Waals surface area contributed by atoms with E-state index in [4.69, 9.17) is 4.74 Å². The Morgan fingerprint density at radius 3 is 2.07 bits per heavy atom. The molecule has 7 nitrogen and oxygen atoms in total. The van der Waals surface area contributed by atoms with E-state index in [-0.39, 0.29) is 0 Å². The highest BCUT2D eigenvalue weighted by molar-refractivity contribution is 6.20. The molecule has 0 bridgehead atoms. The van der Waals surface area contributed by atoms with Crippen molar-refractivity contribution in [3.8, 4) is 0 Å². The number of ether oxygens (including phenoxy) is 1. The van der Waals surface area contributed by atoms with E-state index < -0.39 is 85.8 Å². The minimum Gasteiger partial charge on any atom is -0.460 e. The molecule has 3 rings (SSSR count). The van der Waals surface area contributed by atoms with Gasteiger partial charge in [0.1, 0.15) is 5.60 Å². The number of aliphatic imine (C=N–C) groups is 1. The van der Waals surface area contributed by atoms with E-state index in [1.54, 1.807) is 54.6 Å². The molecule has 1 aliphatic rings. The highest BCUT2D eigenvalue weighted by atomic mass is 19.4. The van der Waals surface area contributed by atoms with E-state index in [0.29, 0.717) is 22.5 Å². The van der Waals surface area contributed by atoms with E-state index in [1.165, 1.54) is 32.7 Å². The first-order chi connectivity index (χ1) is 20.4. The number of halogens is 6. The number of fused-ring (bicyclic) bond motifs is 1. The van der Waals surface area contributed by atoms with Crippen LogP contribution in [0.2, 0.25) is 0 Å². The summed E-state index contributed by atoms with van der Waals surface area (Å²) in [5, 5.41) is 2.43. The molecular weight excluding hydrogens is 592 g/mol. The van der Waals surface area contributed by atoms with Crippen LogP contribution in [0, 0.1) is 11.8 Å². The zero-order chi connectivity index (χ0) is 32.9. The molecule has 2 aromatic carbocycles. The van der Waals surface area contributed by atoms with Gasteiger partial charge >= 0.3 is 18.3 Å². The van der Waals surface area contributed by atoms with E-state index >= 15 is 0 Å². The summed E-state index contributed by atoms with van der Waals surface area (Å²) in [4.78, 5) is 46.2. The van der Waals surface area contributed by atoms with Crippen LogP contribution in [0.25, 0.3) is 0 Å². The van der Waals surface area contributed by atoms with Crippen molar-refractivity contribution in [2.24, 2.45) is 16.8 Å². The van der Waals surface area contributed by atoms with E-state index in [9.17, 15) is 40.7 Å². The van der Waals surface area contributed by atoms with Gasteiger partial charge in [-0.15, -0.1) is 0 Å². The summed E-state index contributed by atoms with van der Waals surface area (Å²) in [7, 11) is 1.46. The van der Waals surface area contributed by atoms with Crippen LogP contribution in [0.3, 0.4) is 0 Å². The molecule has 0 fully saturated rings. The molecule has 2 aromatic rings. The fourth-order valence-corrected chi connectivity index (χ4v) is 4.90. The summed E-state index contributed by atoms with van der Waals surface area (Å²) in [6.07, 6.45) is -15.8. The first kappa shape index (κ1) is 34.6. The van der Waals surface area contributed by atoms with Gasteiger partial charge in [0.25, 0.3) is 5.91 Å². The third kappa shape index (κ3) is 9.81. The van der Waals surface area contributed by atoms with Crippen LogP contribution < -0.4 is 10.2 Å². The summed E-state index contributed by atoms with van der Waals surface area (Å²) >= 11 is 0. The van der Waals surface area contributed by atoms with Gasteiger partial charge in [-0.05, 0) is 46.1 Å². The normalized spacial score (nSPS) is 17.2. The van der Waals surface area contributed by atoms with Gasteiger partial charge in [0.05, 0.1) is 23.2 Å². The number of carbonyl (C=O) groups excluding carboxylic acids is 3. The molecule has 0 radical (unpaired) electrons. The molecule has 0 aliphatic carbocycles. The van der Waals surface area contributed by atoms with Crippen LogP contribution in [0.4, 0.5) is 32.0 Å². The summed E-state index contributed by atoms with van der Waals surface area (Å²) in [5.74, 6) is -6.35. The highest BCUT2D eigenvalue weighted by Crippen LogP contribution is 2.34. The summed E-state index contributed by atoms with van der Waals surface area (Å²) in [6, 6.07) is 15.6. The van der Waals surface area contributed by atoms with Crippen molar-refractivity contribution in [2.45, 2.75) is 77.0 Å². The SMILES string of the molecule is CN1C(=O)[C@@H](NC(=O)[C@H](CCCC(F)(F)F)[C@H](CCC(F)(F)F)C(=O)OC(C)(C)C)N=C(c2ccccc2)c2ccccc21. The molecule has 44 heavy (non-hydrogen) atoms. The lowest BCUT2D eigenvalue weighted by molar-refractivity contribution is -0.168. The molecule has 0 saturated heterocycles. The van der Waals surface area contributed by atoms with Gasteiger partial charge < -0.3 is 15.0 Å². The van der Waals surface area contributed by atoms with Gasteiger partial charge in [-0.2, -0.15) is 26.3 Å². The largest absolute Gasteiger partial charge is 0.460 e. The molecular formula is C31H35F6N3O4. The fourth-order valence-electron chi connectivity index (χ4n) is 4.90. The van der Waals surface area contributed by atoms with Crippen molar-refractivity contribution < 1.29 is 45.5 Å². The van der Waals surface area contributed by atoms with Crippen molar-refractivity contribution >= 4 is 29.2 Å². The van der Waals surface area contributed by atoms with Crippen LogP contribution in [0.1, 0.15) is 64.0 Å². The zero-order valence-electron chi connectivity index (χ0n) is 24.8. The number of benzene rings is 2. The Kier molecular flexibility index (Phi) is 10.9. The van der Waals surface area contributed by atoms with Gasteiger partial charge in [0.2, 0.25) is 12.1 Å². The molecule has 0 unspecified atom stereocenters. The van der Waals surface area contributed by atoms with Gasteiger partial charge in [0.15, 0.2) is 0 Å². The Balaban J connectivity index is 2.04. The minimum absolute atomic E-state index is 0.332. The molecule has 2 amide bonds. The Morgan fingerprint density at radius 1 is 0.886 bits per heavy atom. The summed E-state index contributed by atoms with van der Waals surface area (Å²) < 4.78 is 84.2. The molecule has 3 atom stereocenters. The molecule has 1 heterocycles. The minimum atomic E-state index is -4.71. The van der Waals surface area contributed by atoms with Crippen LogP contribution in [-0.4, -0.2) is 54.7 Å². The maximum atomic E-state index is 13.8. The molecule has 240 valence electrons. The topological polar surface area (TPSA) is 88.1 Å². The zero-order valence-corrected chi connectivity index (χ0v) is 24.8. The third-order valence-electron chi connectivity index (χ3n) is 6.92. The van der Waals surface area contributed by atoms with Gasteiger partial charge in [-0.1, -0.05) is 48.5 Å². The van der Waals surface area contributed by atoms with E-state index in [1.807, 2.05) is 0 Å². The standard InChI is InChI=1S/C31H35F6N3O4/c1-29(2,3)44-28(43)21(16-18-31(35,36)37)20(14-10-17-30(32,33)34)26(41)39-25-27(42)40(4)23-15-9-8-13-22(23)24(38-25)19-11-6-5-7-12-19/h5-9,11-13,15,20-21,25H,10,14,16-18H2,1-4H3,(H,39,41)/t20-,21+,25-/m1/s1. The number of benzodiazepines with no additional fused rings is 1. The number of rotatable bonds is 10. The number of alkyl halides is 6. The van der Waals surface area contributed by atoms with Crippen molar-refractivity contribution in [3.05, 3.63) is 65.7 Å². The second kappa shape index (κ2) is 13.8. The number of carbonyl (C=O) groups is 3. The molecule has 13 heteroatoms. The van der Waals surface area contributed by atoms with Crippen LogP contribution in [0.15, 0.2) is 59.6 Å². The smallest absolute Gasteiger partial charge is 0.389 e. The predicted octanol–water partition coefficient (Wildman–Crippen LogP) is 6.59. The number of nitrogens with zero attached hydrogens (tertiary/aromatic N) is 2. The van der Waals surface area contributed by atoms with Crippen molar-refractivity contribution in [3.63, 3.8) is 0 Å². The van der Waals surface area contributed by atoms with Crippen LogP contribution in [-0.2, 0) is 19.1 Å². The maximum Gasteiger partial charge on any atom is 0.389 e. The third-order valence-corrected chi connectivity index (χ3v) is 6.92. The predicted molar refractivity (Wildman–Crippen MR) is 152 cm³/mol. The lowest BCUT2D eigenvalue weighted by Crippen LogP contribution is -2.50. The number of hydrogen-bond donors (Lipinski definition) is 1. The average Bonchev–Trinajstić information content (AvgIpc) is 3.01. The molecule has 0 aromatic heterocycles. The molecule has 1 aliphatic heterocycles. The number of para-hydroxylation sites is 1. The van der Waals surface area contributed by atoms with Crippen molar-refractivity contribution in [2.75, 3.05) is 11.9 Å². The van der Waals surface area contributed by atoms with E-state index in [0.717, 1.165) is 0 Å². The Morgan fingerprint density at radius 2 is 1.48 bits per heavy atom. The van der Waals surface area contributed by atoms with Gasteiger partial charge in [-0.3, -0.25) is 14.4 Å². The number of hydrogen-bond acceptors (Lipinski definition) is 5. The Bertz CT molecular complexity index is 1350. The number of anilines is 1. The van der Waals surface area contributed by atoms with Crippen molar-refractivity contribution in [1.29, 1.82) is 0 Å². The second-order valence-electron chi connectivity index (χ2n) is 11.6. The maximum absolute atomic E-state index is 13.8. The molecule has 1 N–H and O–H groups in total. The second-order valence-corrected chi connectivity index (χ2v) is 11.6. The summed E-state index contributed by atoms with van der Waals surface area (Å²) in [6.45, 7) is 4.42. The number of likely N-dealkylation sites (N-methyl/N-ethyl adjacent to an activating group) is 1. The lowest BCUT2D eigenvalue weighted by atomic mass is 9.83. The quantitative estimate of drug-likeness (QED) is 0.238. The number of nitrogens with one attached hydrogen (secondary N) is 1. The highest BCUT2D eigenvalue weighted by Gasteiger charge is 2.42. The summed E-state index contributed by atoms with van der Waals surface area (Å²) in [5.41, 5.74) is 0.806. The molecule has 0 saturated carbocycles. The van der Waals surface area contributed by atoms with Crippen LogP contribution in [0.5, 0.6) is 0 Å². The first-order valence-corrected chi connectivity index (χ1v) is 14.0. The molecule has 0 spiro atoms. The lowest BCUT2D eigenvalue weighted by Gasteiger charge is -2.30. The van der Waals surface area contributed by atoms with Crippen LogP contribution >= 0.6 is 0 Å². The Labute approximate surface area is 251 Å². The first-order valence-electron chi connectivity index (χ1n) is 14.0. The van der Waals surface area contributed by atoms with Crippen molar-refractivity contribution in [1.82, 2.24) is 5.32 Å². The van der Waals surface area contributed by atoms with Gasteiger partial charge in [-0.25, -0.2) is 4.99 Å². The van der Waals surface area contributed by atoms with Gasteiger partial charge in [0, 0.05) is 31.0 Å².